The van der Waals surface area contributed by atoms with E-state index in [0.29, 0.717) is 6.42 Å². The van der Waals surface area contributed by atoms with Gasteiger partial charge in [0.05, 0.1) is 37.0 Å². The van der Waals surface area contributed by atoms with Crippen LogP contribution in [0.5, 0.6) is 11.5 Å². The van der Waals surface area contributed by atoms with E-state index < -0.39 is 17.1 Å². The zero-order valence-electron chi connectivity index (χ0n) is 16.4. The van der Waals surface area contributed by atoms with Crippen molar-refractivity contribution in [3.63, 3.8) is 0 Å². The first-order valence-corrected chi connectivity index (χ1v) is 10.7. The summed E-state index contributed by atoms with van der Waals surface area (Å²) in [6.45, 7) is 0. The number of aliphatic hydroxyl groups excluding tert-OH is 1. The second kappa shape index (κ2) is 8.39. The normalized spacial score (nSPS) is 19.8. The van der Waals surface area contributed by atoms with Crippen LogP contribution in [0.2, 0.25) is 0 Å². The van der Waals surface area contributed by atoms with Crippen LogP contribution in [0.1, 0.15) is 19.3 Å². The lowest BCUT2D eigenvalue weighted by Crippen LogP contribution is -2.28. The fraction of sp³-hybridized carbons (Fsp3) is 0.318. The molecular formula is C22H24N2O4S. The first kappa shape index (κ1) is 19.7. The highest BCUT2D eigenvalue weighted by Crippen LogP contribution is 2.35. The van der Waals surface area contributed by atoms with Crippen molar-refractivity contribution < 1.29 is 18.8 Å². The number of imidazole rings is 1. The van der Waals surface area contributed by atoms with Gasteiger partial charge in [0.1, 0.15) is 28.8 Å². The summed E-state index contributed by atoms with van der Waals surface area (Å²) in [5.74, 6) is 1.51. The highest BCUT2D eigenvalue weighted by molar-refractivity contribution is 7.84. The Morgan fingerprint density at radius 2 is 1.55 bits per heavy atom. The van der Waals surface area contributed by atoms with Crippen molar-refractivity contribution in [2.24, 2.45) is 0 Å². The molecule has 4 rings (SSSR count). The molecule has 7 heteroatoms. The van der Waals surface area contributed by atoms with Gasteiger partial charge in [0, 0.05) is 11.1 Å². The Balaban J connectivity index is 1.82. The van der Waals surface area contributed by atoms with Gasteiger partial charge in [-0.1, -0.05) is 0 Å². The minimum Gasteiger partial charge on any atom is -0.497 e. The van der Waals surface area contributed by atoms with Crippen LogP contribution in [0.15, 0.2) is 54.9 Å². The molecule has 1 heterocycles. The predicted molar refractivity (Wildman–Crippen MR) is 113 cm³/mol. The molecule has 0 amide bonds. The van der Waals surface area contributed by atoms with Gasteiger partial charge in [0.25, 0.3) is 0 Å². The second-order valence-corrected chi connectivity index (χ2v) is 8.59. The summed E-state index contributed by atoms with van der Waals surface area (Å²) in [5.41, 5.74) is 3.28. The molecule has 1 fully saturated rings. The number of hydrogen-bond acceptors (Lipinski definition) is 5. The van der Waals surface area contributed by atoms with Gasteiger partial charge in [-0.2, -0.15) is 0 Å². The van der Waals surface area contributed by atoms with Gasteiger partial charge in [0.15, 0.2) is 0 Å². The third kappa shape index (κ3) is 3.80. The van der Waals surface area contributed by atoms with Gasteiger partial charge in [-0.05, 0) is 67.8 Å². The fourth-order valence-electron chi connectivity index (χ4n) is 3.73. The van der Waals surface area contributed by atoms with Crippen molar-refractivity contribution in [2.75, 3.05) is 14.2 Å². The zero-order chi connectivity index (χ0) is 20.4. The van der Waals surface area contributed by atoms with E-state index >= 15 is 0 Å². The number of nitrogens with zero attached hydrogens (tertiary/aromatic N) is 2. The summed E-state index contributed by atoms with van der Waals surface area (Å²) in [5, 5.41) is 9.99. The van der Waals surface area contributed by atoms with Crippen LogP contribution >= 0.6 is 0 Å². The Hall–Kier alpha value is -2.64. The van der Waals surface area contributed by atoms with E-state index in [-0.39, 0.29) is 5.25 Å². The number of methoxy groups -OCH3 is 2. The molecule has 3 atom stereocenters. The summed E-state index contributed by atoms with van der Waals surface area (Å²) in [6, 6.07) is 15.2. The lowest BCUT2D eigenvalue weighted by molar-refractivity contribution is 0.186. The number of ether oxygens (including phenoxy) is 2. The first-order chi connectivity index (χ1) is 14.1. The van der Waals surface area contributed by atoms with Crippen LogP contribution in [-0.4, -0.2) is 43.8 Å². The Bertz CT molecular complexity index is 999. The molecule has 0 saturated heterocycles. The van der Waals surface area contributed by atoms with Crippen molar-refractivity contribution in [3.8, 4) is 34.0 Å². The van der Waals surface area contributed by atoms with E-state index in [2.05, 4.69) is 4.98 Å². The van der Waals surface area contributed by atoms with Crippen LogP contribution in [0, 0.1) is 0 Å². The van der Waals surface area contributed by atoms with E-state index in [9.17, 15) is 9.32 Å². The van der Waals surface area contributed by atoms with Gasteiger partial charge in [0.2, 0.25) is 0 Å². The molecule has 2 aromatic carbocycles. The molecule has 0 spiro atoms. The van der Waals surface area contributed by atoms with Gasteiger partial charge < -0.3 is 14.6 Å². The summed E-state index contributed by atoms with van der Waals surface area (Å²) in [4.78, 5) is 4.59. The topological polar surface area (TPSA) is 73.6 Å². The quantitative estimate of drug-likeness (QED) is 0.669. The zero-order valence-corrected chi connectivity index (χ0v) is 17.3. The molecule has 1 aliphatic rings. The molecule has 3 aromatic rings. The van der Waals surface area contributed by atoms with E-state index in [0.717, 1.165) is 46.9 Å². The number of rotatable bonds is 6. The van der Waals surface area contributed by atoms with E-state index in [1.807, 2.05) is 48.5 Å². The molecule has 3 unspecified atom stereocenters. The molecule has 1 saturated carbocycles. The van der Waals surface area contributed by atoms with E-state index in [1.54, 1.807) is 24.5 Å². The SMILES string of the molecule is COc1ccc(-c2ncn(S(=O)C3CCCC3O)c2-c2ccc(OC)cc2)cc1. The summed E-state index contributed by atoms with van der Waals surface area (Å²) < 4.78 is 25.6. The smallest absolute Gasteiger partial charge is 0.131 e. The van der Waals surface area contributed by atoms with Crippen molar-refractivity contribution in [3.05, 3.63) is 54.9 Å². The number of hydrogen-bond donors (Lipinski definition) is 1. The van der Waals surface area contributed by atoms with E-state index in [1.165, 1.54) is 0 Å². The molecule has 0 aliphatic heterocycles. The predicted octanol–water partition coefficient (Wildman–Crippen LogP) is 3.66. The Labute approximate surface area is 172 Å². The van der Waals surface area contributed by atoms with Crippen molar-refractivity contribution in [1.82, 2.24) is 8.96 Å². The summed E-state index contributed by atoms with van der Waals surface area (Å²) >= 11 is 0. The van der Waals surface area contributed by atoms with Gasteiger partial charge in [-0.25, -0.2) is 13.2 Å². The number of benzene rings is 2. The second-order valence-electron chi connectivity index (χ2n) is 7.04. The molecule has 152 valence electrons. The summed E-state index contributed by atoms with van der Waals surface area (Å²) in [7, 11) is 1.83. The first-order valence-electron chi connectivity index (χ1n) is 9.57. The largest absolute Gasteiger partial charge is 0.497 e. The lowest BCUT2D eigenvalue weighted by Gasteiger charge is -2.17. The van der Waals surface area contributed by atoms with Crippen LogP contribution in [-0.2, 0) is 11.0 Å². The maximum atomic E-state index is 13.3. The van der Waals surface area contributed by atoms with Crippen LogP contribution in [0.4, 0.5) is 0 Å². The standard InChI is InChI=1S/C22H24N2O4S/c1-27-17-10-6-15(7-11-17)21-22(16-8-12-18(28-2)13-9-16)24(14-23-21)29(26)20-5-3-4-19(20)25/h6-14,19-20,25H,3-5H2,1-2H3. The average Bonchev–Trinajstić information content (AvgIpc) is 3.40. The van der Waals surface area contributed by atoms with Gasteiger partial charge >= 0.3 is 0 Å². The minimum absolute atomic E-state index is 0.287. The maximum Gasteiger partial charge on any atom is 0.131 e. The van der Waals surface area contributed by atoms with Crippen molar-refractivity contribution >= 4 is 11.0 Å². The molecule has 0 bridgehead atoms. The molecule has 1 aliphatic carbocycles. The molecule has 0 radical (unpaired) electrons. The number of aliphatic hydroxyl groups is 1. The lowest BCUT2D eigenvalue weighted by atomic mass is 10.0. The number of aromatic nitrogens is 2. The molecule has 29 heavy (non-hydrogen) atoms. The third-order valence-corrected chi connectivity index (χ3v) is 7.07. The van der Waals surface area contributed by atoms with Crippen molar-refractivity contribution in [1.29, 1.82) is 0 Å². The maximum absolute atomic E-state index is 13.3. The van der Waals surface area contributed by atoms with Gasteiger partial charge in [-0.15, -0.1) is 0 Å². The highest BCUT2D eigenvalue weighted by Gasteiger charge is 2.33. The van der Waals surface area contributed by atoms with Crippen molar-refractivity contribution in [2.45, 2.75) is 30.6 Å². The monoisotopic (exact) mass is 412 g/mol. The van der Waals surface area contributed by atoms with Crippen LogP contribution < -0.4 is 9.47 Å². The van der Waals surface area contributed by atoms with Gasteiger partial charge in [-0.3, -0.25) is 0 Å². The minimum atomic E-state index is -1.42. The fourth-order valence-corrected chi connectivity index (χ4v) is 5.31. The molecule has 1 N–H and O–H groups in total. The summed E-state index contributed by atoms with van der Waals surface area (Å²) in [6.07, 6.45) is 3.38. The molecular weight excluding hydrogens is 388 g/mol. The Kier molecular flexibility index (Phi) is 5.69. The van der Waals surface area contributed by atoms with E-state index in [4.69, 9.17) is 9.47 Å². The molecule has 6 nitrogen and oxygen atoms in total. The average molecular weight is 413 g/mol. The molecule has 1 aromatic heterocycles. The highest BCUT2D eigenvalue weighted by atomic mass is 32.2. The van der Waals surface area contributed by atoms with Crippen LogP contribution in [0.3, 0.4) is 0 Å². The van der Waals surface area contributed by atoms with Crippen LogP contribution in [0.25, 0.3) is 22.5 Å². The third-order valence-electron chi connectivity index (χ3n) is 5.33. The Morgan fingerprint density at radius 1 is 0.966 bits per heavy atom. The Morgan fingerprint density at radius 3 is 2.07 bits per heavy atom.